The first-order valence-electron chi connectivity index (χ1n) is 11.7. The average Bonchev–Trinajstić information content (AvgIpc) is 3.31. The van der Waals surface area contributed by atoms with Gasteiger partial charge in [0, 0.05) is 43.4 Å². The minimum absolute atomic E-state index is 0.0959. The molecular weight excluding hydrogens is 443 g/mol. The summed E-state index contributed by atoms with van der Waals surface area (Å²) in [6, 6.07) is 14.1. The van der Waals surface area contributed by atoms with E-state index in [0.29, 0.717) is 37.5 Å². The zero-order valence-corrected chi connectivity index (χ0v) is 19.2. The van der Waals surface area contributed by atoms with Crippen molar-refractivity contribution in [1.29, 1.82) is 0 Å². The monoisotopic (exact) mass is 470 g/mol. The predicted molar refractivity (Wildman–Crippen MR) is 124 cm³/mol. The molecule has 2 saturated heterocycles. The topological polar surface area (TPSA) is 58.6 Å². The van der Waals surface area contributed by atoms with E-state index in [1.165, 1.54) is 12.1 Å². The van der Waals surface area contributed by atoms with Crippen LogP contribution in [0.5, 0.6) is 0 Å². The van der Waals surface area contributed by atoms with Gasteiger partial charge in [-0.3, -0.25) is 4.79 Å². The summed E-state index contributed by atoms with van der Waals surface area (Å²) in [6.45, 7) is 1.48. The van der Waals surface area contributed by atoms with E-state index >= 15 is 0 Å². The van der Waals surface area contributed by atoms with E-state index < -0.39 is 17.1 Å². The second-order valence-corrected chi connectivity index (χ2v) is 9.97. The van der Waals surface area contributed by atoms with Crippen LogP contribution in [0.2, 0.25) is 5.02 Å². The van der Waals surface area contributed by atoms with Gasteiger partial charge in [0.1, 0.15) is 11.4 Å². The summed E-state index contributed by atoms with van der Waals surface area (Å²) in [5.41, 5.74) is 0.699. The van der Waals surface area contributed by atoms with Gasteiger partial charge in [-0.25, -0.2) is 9.18 Å². The van der Waals surface area contributed by atoms with Crippen LogP contribution in [0.1, 0.15) is 55.6 Å². The third kappa shape index (κ3) is 3.99. The van der Waals surface area contributed by atoms with Crippen LogP contribution in [0.3, 0.4) is 0 Å². The Kier molecular flexibility index (Phi) is 5.81. The molecule has 1 spiro atoms. The molecule has 1 aliphatic carbocycles. The molecule has 1 atom stereocenters. The van der Waals surface area contributed by atoms with Gasteiger partial charge in [-0.2, -0.15) is 0 Å². The van der Waals surface area contributed by atoms with E-state index in [1.54, 1.807) is 12.1 Å². The van der Waals surface area contributed by atoms with Gasteiger partial charge in [0.15, 0.2) is 0 Å². The molecular formula is C26H28ClFN2O3. The number of alkyl carbamates (subject to hydrolysis) is 1. The summed E-state index contributed by atoms with van der Waals surface area (Å²) < 4.78 is 19.4. The summed E-state index contributed by atoms with van der Waals surface area (Å²) in [5, 5.41) is 3.43. The Morgan fingerprint density at radius 1 is 1.06 bits per heavy atom. The molecule has 0 bridgehead atoms. The number of piperidine rings is 1. The molecule has 174 valence electrons. The van der Waals surface area contributed by atoms with Crippen molar-refractivity contribution in [2.75, 3.05) is 19.6 Å². The van der Waals surface area contributed by atoms with E-state index in [4.69, 9.17) is 16.3 Å². The van der Waals surface area contributed by atoms with Gasteiger partial charge in [0.05, 0.1) is 5.41 Å². The third-order valence-corrected chi connectivity index (χ3v) is 8.03. The first-order chi connectivity index (χ1) is 15.9. The Hall–Kier alpha value is -2.60. The van der Waals surface area contributed by atoms with Crippen LogP contribution in [0.25, 0.3) is 0 Å². The van der Waals surface area contributed by atoms with Crippen LogP contribution in [-0.2, 0) is 14.9 Å². The fourth-order valence-corrected chi connectivity index (χ4v) is 6.20. The van der Waals surface area contributed by atoms with E-state index in [-0.39, 0.29) is 17.6 Å². The number of carbonyl (C=O) groups excluding carboxylic acids is 2. The molecule has 2 amide bonds. The molecule has 0 radical (unpaired) electrons. The zero-order chi connectivity index (χ0) is 23.1. The highest BCUT2D eigenvalue weighted by Crippen LogP contribution is 2.46. The number of hydrogen-bond acceptors (Lipinski definition) is 3. The Morgan fingerprint density at radius 3 is 2.42 bits per heavy atom. The normalized spacial score (nSPS) is 23.8. The molecule has 3 fully saturated rings. The molecule has 2 aliphatic heterocycles. The van der Waals surface area contributed by atoms with Crippen LogP contribution in [0.15, 0.2) is 48.5 Å². The van der Waals surface area contributed by atoms with Crippen LogP contribution < -0.4 is 5.32 Å². The van der Waals surface area contributed by atoms with Gasteiger partial charge in [0.2, 0.25) is 5.91 Å². The molecule has 5 rings (SSSR count). The summed E-state index contributed by atoms with van der Waals surface area (Å²) in [4.78, 5) is 28.0. The van der Waals surface area contributed by atoms with E-state index in [1.807, 2.05) is 29.2 Å². The number of benzene rings is 2. The fourth-order valence-electron chi connectivity index (χ4n) is 6.01. The Morgan fingerprint density at radius 2 is 1.76 bits per heavy atom. The second kappa shape index (κ2) is 8.64. The lowest BCUT2D eigenvalue weighted by Gasteiger charge is -2.49. The molecule has 2 aromatic carbocycles. The van der Waals surface area contributed by atoms with Gasteiger partial charge in [0.25, 0.3) is 0 Å². The van der Waals surface area contributed by atoms with E-state index in [0.717, 1.165) is 36.8 Å². The molecule has 2 aromatic rings. The maximum atomic E-state index is 13.9. The van der Waals surface area contributed by atoms with Gasteiger partial charge in [-0.15, -0.1) is 0 Å². The van der Waals surface area contributed by atoms with Gasteiger partial charge in [-0.05, 0) is 48.2 Å². The SMILES string of the molecule is O=C1NCC(c2ccc(F)cc2)C2(CCN(C(=O)C3(c4cccc(Cl)c4)CCCC3)CC2)O1. The van der Waals surface area contributed by atoms with E-state index in [9.17, 15) is 14.0 Å². The largest absolute Gasteiger partial charge is 0.442 e. The minimum Gasteiger partial charge on any atom is -0.442 e. The van der Waals surface area contributed by atoms with Crippen LogP contribution >= 0.6 is 11.6 Å². The second-order valence-electron chi connectivity index (χ2n) is 9.53. The number of nitrogens with zero attached hydrogens (tertiary/aromatic N) is 1. The number of rotatable bonds is 3. The number of halogens is 2. The molecule has 1 saturated carbocycles. The van der Waals surface area contributed by atoms with Crippen molar-refractivity contribution in [2.45, 2.75) is 55.5 Å². The van der Waals surface area contributed by atoms with Crippen molar-refractivity contribution < 1.29 is 18.7 Å². The highest BCUT2D eigenvalue weighted by atomic mass is 35.5. The Balaban J connectivity index is 1.38. The van der Waals surface area contributed by atoms with Crippen molar-refractivity contribution in [3.63, 3.8) is 0 Å². The van der Waals surface area contributed by atoms with Crippen molar-refractivity contribution in [2.24, 2.45) is 0 Å². The smallest absolute Gasteiger partial charge is 0.407 e. The van der Waals surface area contributed by atoms with Crippen molar-refractivity contribution >= 4 is 23.6 Å². The number of ether oxygens (including phenoxy) is 1. The standard InChI is InChI=1S/C26H28ClFN2O3/c27-20-5-3-4-19(16-20)25(10-1-2-11-25)23(31)30-14-12-26(13-15-30)22(17-29-24(32)33-26)18-6-8-21(28)9-7-18/h3-9,16,22H,1-2,10-15,17H2,(H,29,32). The van der Waals surface area contributed by atoms with E-state index in [2.05, 4.69) is 5.32 Å². The predicted octanol–water partition coefficient (Wildman–Crippen LogP) is 5.18. The number of amides is 2. The van der Waals surface area contributed by atoms with Crippen LogP contribution in [0, 0.1) is 5.82 Å². The molecule has 5 nitrogen and oxygen atoms in total. The summed E-state index contributed by atoms with van der Waals surface area (Å²) in [6.07, 6.45) is 4.37. The highest BCUT2D eigenvalue weighted by molar-refractivity contribution is 6.30. The fraction of sp³-hybridized carbons (Fsp3) is 0.462. The molecule has 0 aromatic heterocycles. The molecule has 2 heterocycles. The minimum atomic E-state index is -0.699. The molecule has 33 heavy (non-hydrogen) atoms. The van der Waals surface area contributed by atoms with Crippen LogP contribution in [-0.4, -0.2) is 42.1 Å². The summed E-state index contributed by atoms with van der Waals surface area (Å²) >= 11 is 6.27. The quantitative estimate of drug-likeness (QED) is 0.672. The number of hydrogen-bond donors (Lipinski definition) is 1. The lowest BCUT2D eigenvalue weighted by Crippen LogP contribution is -2.59. The lowest BCUT2D eigenvalue weighted by molar-refractivity contribution is -0.143. The number of nitrogens with one attached hydrogen (secondary N) is 1. The Bertz CT molecular complexity index is 1040. The Labute approximate surface area is 198 Å². The molecule has 1 unspecified atom stereocenters. The van der Waals surface area contributed by atoms with Crippen molar-refractivity contribution in [1.82, 2.24) is 10.2 Å². The van der Waals surface area contributed by atoms with Gasteiger partial charge >= 0.3 is 6.09 Å². The van der Waals surface area contributed by atoms with Crippen molar-refractivity contribution in [3.8, 4) is 0 Å². The third-order valence-electron chi connectivity index (χ3n) is 7.79. The number of carbonyl (C=O) groups is 2. The van der Waals surface area contributed by atoms with Gasteiger partial charge in [-0.1, -0.05) is 48.7 Å². The first kappa shape index (κ1) is 22.2. The van der Waals surface area contributed by atoms with Crippen molar-refractivity contribution in [3.05, 3.63) is 70.5 Å². The molecule has 3 aliphatic rings. The highest BCUT2D eigenvalue weighted by Gasteiger charge is 2.51. The molecule has 1 N–H and O–H groups in total. The van der Waals surface area contributed by atoms with Gasteiger partial charge < -0.3 is 15.0 Å². The first-order valence-corrected chi connectivity index (χ1v) is 12.1. The lowest BCUT2D eigenvalue weighted by atomic mass is 9.73. The number of likely N-dealkylation sites (tertiary alicyclic amines) is 1. The summed E-state index contributed by atoms with van der Waals surface area (Å²) in [5.74, 6) is -0.242. The maximum Gasteiger partial charge on any atom is 0.407 e. The molecule has 7 heteroatoms. The zero-order valence-electron chi connectivity index (χ0n) is 18.5. The average molecular weight is 471 g/mol. The maximum absolute atomic E-state index is 13.9. The van der Waals surface area contributed by atoms with Crippen LogP contribution in [0.4, 0.5) is 9.18 Å². The summed E-state index contributed by atoms with van der Waals surface area (Å²) in [7, 11) is 0.